The Morgan fingerprint density at radius 3 is 2.78 bits per heavy atom. The molecule has 1 aliphatic carbocycles. The number of nitrogens with one attached hydrogen (secondary N) is 2. The molecule has 1 amide bonds. The Labute approximate surface area is 134 Å². The topological polar surface area (TPSA) is 59.1 Å². The highest BCUT2D eigenvalue weighted by Crippen LogP contribution is 2.45. The number of ether oxygens (including phenoxy) is 1. The van der Waals surface area contributed by atoms with Gasteiger partial charge in [0, 0.05) is 30.3 Å². The molecule has 1 saturated carbocycles. The van der Waals surface area contributed by atoms with Crippen LogP contribution in [-0.2, 0) is 12.6 Å². The van der Waals surface area contributed by atoms with E-state index in [9.17, 15) is 4.79 Å². The molecular weight excluding hydrogens is 290 g/mol. The number of hydrogen-bond acceptors (Lipinski definition) is 2. The maximum atomic E-state index is 12.6. The molecule has 23 heavy (non-hydrogen) atoms. The predicted molar refractivity (Wildman–Crippen MR) is 88.6 cm³/mol. The molecule has 0 radical (unpaired) electrons. The minimum Gasteiger partial charge on any atom is -0.497 e. The van der Waals surface area contributed by atoms with Crippen LogP contribution in [0.3, 0.4) is 0 Å². The second-order valence-corrected chi connectivity index (χ2v) is 6.24. The number of nitrogens with zero attached hydrogens (tertiary/aromatic N) is 1. The summed E-state index contributed by atoms with van der Waals surface area (Å²) in [5.41, 5.74) is 2.48. The lowest BCUT2D eigenvalue weighted by Gasteiger charge is -2.15. The number of hydrogen-bond donors (Lipinski definition) is 2. The first-order valence-electron chi connectivity index (χ1n) is 7.71. The highest BCUT2D eigenvalue weighted by Gasteiger charge is 2.46. The lowest BCUT2D eigenvalue weighted by Crippen LogP contribution is -2.34. The molecule has 118 valence electrons. The number of benzene rings is 1. The second kappa shape index (κ2) is 4.91. The van der Waals surface area contributed by atoms with Crippen LogP contribution in [0.4, 0.5) is 0 Å². The van der Waals surface area contributed by atoms with Crippen LogP contribution < -0.4 is 10.1 Å². The van der Waals surface area contributed by atoms with E-state index in [0.717, 1.165) is 29.5 Å². The summed E-state index contributed by atoms with van der Waals surface area (Å²) < 4.78 is 7.24. The van der Waals surface area contributed by atoms with Gasteiger partial charge in [-0.2, -0.15) is 0 Å². The third-order valence-corrected chi connectivity index (χ3v) is 4.56. The van der Waals surface area contributed by atoms with Crippen molar-refractivity contribution in [2.75, 3.05) is 7.11 Å². The van der Waals surface area contributed by atoms with Gasteiger partial charge in [-0.15, -0.1) is 0 Å². The molecule has 1 aromatic carbocycles. The molecule has 1 fully saturated rings. The molecule has 5 heteroatoms. The molecule has 0 bridgehead atoms. The molecule has 0 unspecified atom stereocenters. The van der Waals surface area contributed by atoms with Gasteiger partial charge in [0.1, 0.15) is 11.4 Å². The number of H-pyrrole nitrogens is 1. The molecule has 5 nitrogen and oxygen atoms in total. The summed E-state index contributed by atoms with van der Waals surface area (Å²) in [7, 11) is 3.63. The molecule has 4 rings (SSSR count). The van der Waals surface area contributed by atoms with Crippen molar-refractivity contribution in [3.8, 4) is 5.75 Å². The maximum Gasteiger partial charge on any atom is 0.268 e. The molecule has 0 atom stereocenters. The highest BCUT2D eigenvalue weighted by atomic mass is 16.5. The Bertz CT molecular complexity index is 887. The van der Waals surface area contributed by atoms with E-state index in [1.54, 1.807) is 7.11 Å². The number of fused-ring (bicyclic) bond motifs is 1. The summed E-state index contributed by atoms with van der Waals surface area (Å²) in [4.78, 5) is 15.8. The number of rotatable bonds is 4. The van der Waals surface area contributed by atoms with Gasteiger partial charge in [-0.25, -0.2) is 0 Å². The molecule has 0 saturated heterocycles. The number of aromatic nitrogens is 2. The summed E-state index contributed by atoms with van der Waals surface area (Å²) in [6, 6.07) is 9.67. The van der Waals surface area contributed by atoms with Gasteiger partial charge in [-0.05, 0) is 48.7 Å². The number of carbonyl (C=O) groups excluding carboxylic acids is 1. The van der Waals surface area contributed by atoms with E-state index >= 15 is 0 Å². The van der Waals surface area contributed by atoms with Crippen LogP contribution in [0.2, 0.25) is 0 Å². The molecule has 0 spiro atoms. The molecule has 1 aliphatic rings. The molecule has 2 heterocycles. The van der Waals surface area contributed by atoms with Gasteiger partial charge in [0.05, 0.1) is 12.6 Å². The van der Waals surface area contributed by atoms with Crippen molar-refractivity contribution >= 4 is 16.8 Å². The fourth-order valence-corrected chi connectivity index (χ4v) is 3.04. The fourth-order valence-electron chi connectivity index (χ4n) is 3.04. The zero-order chi connectivity index (χ0) is 16.0. The monoisotopic (exact) mass is 309 g/mol. The van der Waals surface area contributed by atoms with Crippen molar-refractivity contribution in [1.82, 2.24) is 14.9 Å². The zero-order valence-corrected chi connectivity index (χ0v) is 13.2. The van der Waals surface area contributed by atoms with Gasteiger partial charge in [0.2, 0.25) is 0 Å². The average Bonchev–Trinajstić information content (AvgIpc) is 2.99. The van der Waals surface area contributed by atoms with Crippen LogP contribution in [0.5, 0.6) is 5.75 Å². The van der Waals surface area contributed by atoms with Gasteiger partial charge in [0.25, 0.3) is 5.91 Å². The summed E-state index contributed by atoms with van der Waals surface area (Å²) >= 11 is 0. The van der Waals surface area contributed by atoms with Crippen molar-refractivity contribution in [2.24, 2.45) is 7.05 Å². The Kier molecular flexibility index (Phi) is 2.98. The van der Waals surface area contributed by atoms with Gasteiger partial charge >= 0.3 is 0 Å². The molecular formula is C18H19N3O2. The van der Waals surface area contributed by atoms with Crippen LogP contribution in [0.1, 0.15) is 28.9 Å². The van der Waals surface area contributed by atoms with Crippen molar-refractivity contribution in [3.63, 3.8) is 0 Å². The van der Waals surface area contributed by atoms with E-state index in [-0.39, 0.29) is 11.4 Å². The summed E-state index contributed by atoms with van der Waals surface area (Å²) in [5.74, 6) is 0.716. The summed E-state index contributed by atoms with van der Waals surface area (Å²) in [6.07, 6.45) is 6.05. The van der Waals surface area contributed by atoms with E-state index in [1.807, 2.05) is 42.1 Å². The molecule has 2 aromatic heterocycles. The quantitative estimate of drug-likeness (QED) is 0.778. The zero-order valence-electron chi connectivity index (χ0n) is 13.2. The van der Waals surface area contributed by atoms with E-state index in [4.69, 9.17) is 4.74 Å². The predicted octanol–water partition coefficient (Wildman–Crippen LogP) is 2.93. The standard InChI is InChI=1S/C18H19N3O2/c1-21-8-5-13(11-21)18(6-7-18)20-17(22)16-10-12-9-14(23-2)3-4-15(12)19-16/h3-5,8-11,19H,6-7H2,1-2H3,(H,20,22). The van der Waals surface area contributed by atoms with Gasteiger partial charge < -0.3 is 19.6 Å². The lowest BCUT2D eigenvalue weighted by atomic mass is 10.1. The SMILES string of the molecule is COc1ccc2[nH]c(C(=O)NC3(c4ccn(C)c4)CC3)cc2c1. The summed E-state index contributed by atoms with van der Waals surface area (Å²) in [5, 5.41) is 4.16. The highest BCUT2D eigenvalue weighted by molar-refractivity contribution is 5.98. The Balaban J connectivity index is 1.60. The van der Waals surface area contributed by atoms with Gasteiger partial charge in [-0.3, -0.25) is 4.79 Å². The average molecular weight is 309 g/mol. The molecule has 2 N–H and O–H groups in total. The third kappa shape index (κ3) is 2.38. The lowest BCUT2D eigenvalue weighted by molar-refractivity contribution is 0.0926. The first kappa shape index (κ1) is 13.9. The number of carbonyl (C=O) groups is 1. The van der Waals surface area contributed by atoms with Gasteiger partial charge in [0.15, 0.2) is 0 Å². The Morgan fingerprint density at radius 1 is 1.30 bits per heavy atom. The second-order valence-electron chi connectivity index (χ2n) is 6.24. The van der Waals surface area contributed by atoms with E-state index in [1.165, 1.54) is 5.56 Å². The molecule has 3 aromatic rings. The normalized spacial score (nSPS) is 15.6. The smallest absolute Gasteiger partial charge is 0.268 e. The van der Waals surface area contributed by atoms with E-state index < -0.39 is 0 Å². The van der Waals surface area contributed by atoms with Crippen LogP contribution in [0.25, 0.3) is 10.9 Å². The number of aryl methyl sites for hydroxylation is 1. The minimum absolute atomic E-state index is 0.0680. The van der Waals surface area contributed by atoms with Crippen molar-refractivity contribution < 1.29 is 9.53 Å². The summed E-state index contributed by atoms with van der Waals surface area (Å²) in [6.45, 7) is 0. The first-order chi connectivity index (χ1) is 11.1. The van der Waals surface area contributed by atoms with Crippen LogP contribution >= 0.6 is 0 Å². The van der Waals surface area contributed by atoms with Crippen LogP contribution in [0, 0.1) is 0 Å². The Morgan fingerprint density at radius 2 is 2.13 bits per heavy atom. The fraction of sp³-hybridized carbons (Fsp3) is 0.278. The third-order valence-electron chi connectivity index (χ3n) is 4.56. The largest absolute Gasteiger partial charge is 0.497 e. The van der Waals surface area contributed by atoms with E-state index in [0.29, 0.717) is 5.69 Å². The first-order valence-corrected chi connectivity index (χ1v) is 7.71. The number of amides is 1. The van der Waals surface area contributed by atoms with Crippen molar-refractivity contribution in [2.45, 2.75) is 18.4 Å². The Hall–Kier alpha value is -2.69. The number of aromatic amines is 1. The molecule has 0 aliphatic heterocycles. The van der Waals surface area contributed by atoms with Gasteiger partial charge in [-0.1, -0.05) is 0 Å². The van der Waals surface area contributed by atoms with Crippen molar-refractivity contribution in [3.05, 3.63) is 54.0 Å². The number of methoxy groups -OCH3 is 1. The van der Waals surface area contributed by atoms with Crippen molar-refractivity contribution in [1.29, 1.82) is 0 Å². The van der Waals surface area contributed by atoms with E-state index in [2.05, 4.69) is 22.6 Å². The van der Waals surface area contributed by atoms with Crippen LogP contribution in [-0.4, -0.2) is 22.6 Å². The van der Waals surface area contributed by atoms with Crippen LogP contribution in [0.15, 0.2) is 42.7 Å². The maximum absolute atomic E-state index is 12.6. The minimum atomic E-state index is -0.201.